The fourth-order valence-electron chi connectivity index (χ4n) is 2.58. The van der Waals surface area contributed by atoms with Crippen molar-refractivity contribution < 1.29 is 23.1 Å². The van der Waals surface area contributed by atoms with Crippen LogP contribution >= 0.6 is 0 Å². The number of nitrogens with one attached hydrogen (secondary N) is 1. The highest BCUT2D eigenvalue weighted by Gasteiger charge is 2.20. The van der Waals surface area contributed by atoms with Crippen molar-refractivity contribution in [1.29, 1.82) is 0 Å². The highest BCUT2D eigenvalue weighted by atomic mass is 19.2. The molecule has 6 heteroatoms. The molecule has 0 saturated carbocycles. The van der Waals surface area contributed by atoms with E-state index in [-0.39, 0.29) is 24.4 Å². The molecule has 0 heterocycles. The van der Waals surface area contributed by atoms with Crippen LogP contribution in [-0.4, -0.2) is 17.1 Å². The number of carboxylic acids is 1. The molecule has 128 valence electrons. The molecule has 0 aliphatic heterocycles. The molecule has 0 aliphatic rings. The van der Waals surface area contributed by atoms with Gasteiger partial charge < -0.3 is 10.4 Å². The summed E-state index contributed by atoms with van der Waals surface area (Å²) in [5.74, 6) is -4.37. The molecular weight excluding hydrogens is 319 g/mol. The monoisotopic (exact) mass is 337 g/mol. The van der Waals surface area contributed by atoms with E-state index in [4.69, 9.17) is 5.11 Å². The second-order valence-corrected chi connectivity index (χ2v) is 5.66. The fraction of sp³-hybridized carbons (Fsp3) is 0.278. The lowest BCUT2D eigenvalue weighted by Crippen LogP contribution is -2.35. The third-order valence-electron chi connectivity index (χ3n) is 3.76. The van der Waals surface area contributed by atoms with E-state index < -0.39 is 29.5 Å². The molecule has 0 saturated heterocycles. The molecule has 0 fully saturated rings. The van der Waals surface area contributed by atoms with E-state index in [1.165, 1.54) is 0 Å². The molecule has 2 N–H and O–H groups in total. The quantitative estimate of drug-likeness (QED) is 0.755. The second-order valence-electron chi connectivity index (χ2n) is 5.66. The van der Waals surface area contributed by atoms with Gasteiger partial charge in [0.25, 0.3) is 0 Å². The molecule has 2 aromatic rings. The lowest BCUT2D eigenvalue weighted by molar-refractivity contribution is -0.137. The van der Waals surface area contributed by atoms with Gasteiger partial charge in [0.15, 0.2) is 11.6 Å². The average Bonchev–Trinajstić information content (AvgIpc) is 2.52. The molecule has 2 aromatic carbocycles. The van der Waals surface area contributed by atoms with Crippen LogP contribution < -0.4 is 5.32 Å². The summed E-state index contributed by atoms with van der Waals surface area (Å²) in [4.78, 5) is 11.1. The van der Waals surface area contributed by atoms with Crippen LogP contribution in [-0.2, 0) is 11.2 Å². The average molecular weight is 337 g/mol. The van der Waals surface area contributed by atoms with Crippen LogP contribution in [0.3, 0.4) is 0 Å². The van der Waals surface area contributed by atoms with Gasteiger partial charge in [0, 0.05) is 18.2 Å². The first kappa shape index (κ1) is 18.0. The van der Waals surface area contributed by atoms with Crippen LogP contribution in [0.5, 0.6) is 0 Å². The highest BCUT2D eigenvalue weighted by Crippen LogP contribution is 2.19. The summed E-state index contributed by atoms with van der Waals surface area (Å²) < 4.78 is 40.1. The summed E-state index contributed by atoms with van der Waals surface area (Å²) in [7, 11) is 0. The molecule has 0 spiro atoms. The third-order valence-corrected chi connectivity index (χ3v) is 3.76. The topological polar surface area (TPSA) is 49.3 Å². The maximum atomic E-state index is 13.8. The number of rotatable bonds is 7. The first-order chi connectivity index (χ1) is 11.4. The standard InChI is InChI=1S/C18H18F3NO2/c1-11(12-5-3-2-4-6-12)22-14(9-18(23)24)7-13-8-16(20)17(21)10-15(13)19/h2-6,8,10-11,14,22H,7,9H2,1H3,(H,23,24)/t11-,14+/m1/s1. The van der Waals surface area contributed by atoms with E-state index in [0.717, 1.165) is 11.6 Å². The minimum Gasteiger partial charge on any atom is -0.481 e. The summed E-state index contributed by atoms with van der Waals surface area (Å²) in [6.45, 7) is 1.85. The van der Waals surface area contributed by atoms with E-state index in [9.17, 15) is 18.0 Å². The highest BCUT2D eigenvalue weighted by molar-refractivity contribution is 5.67. The van der Waals surface area contributed by atoms with Gasteiger partial charge >= 0.3 is 5.97 Å². The number of benzene rings is 2. The van der Waals surface area contributed by atoms with Crippen molar-refractivity contribution in [3.8, 4) is 0 Å². The molecule has 0 radical (unpaired) electrons. The predicted octanol–water partition coefficient (Wildman–Crippen LogP) is 3.84. The lowest BCUT2D eigenvalue weighted by atomic mass is 10.00. The first-order valence-corrected chi connectivity index (χ1v) is 7.53. The fourth-order valence-corrected chi connectivity index (χ4v) is 2.58. The van der Waals surface area contributed by atoms with E-state index in [1.807, 2.05) is 37.3 Å². The first-order valence-electron chi connectivity index (χ1n) is 7.53. The smallest absolute Gasteiger partial charge is 0.304 e. The van der Waals surface area contributed by atoms with Crippen LogP contribution in [0.4, 0.5) is 13.2 Å². The zero-order valence-corrected chi connectivity index (χ0v) is 13.1. The Kier molecular flexibility index (Phi) is 5.98. The summed E-state index contributed by atoms with van der Waals surface area (Å²) in [6.07, 6.45) is -0.331. The molecule has 2 atom stereocenters. The normalized spacial score (nSPS) is 13.5. The Balaban J connectivity index is 2.17. The zero-order chi connectivity index (χ0) is 17.7. The SMILES string of the molecule is C[C@@H](N[C@H](CC(=O)O)Cc1cc(F)c(F)cc1F)c1ccccc1. The maximum Gasteiger partial charge on any atom is 0.304 e. The number of carbonyl (C=O) groups is 1. The van der Waals surface area contributed by atoms with Crippen molar-refractivity contribution in [3.63, 3.8) is 0 Å². The molecule has 3 nitrogen and oxygen atoms in total. The molecule has 0 amide bonds. The van der Waals surface area contributed by atoms with Gasteiger partial charge in [-0.2, -0.15) is 0 Å². The Bertz CT molecular complexity index is 707. The molecule has 0 aliphatic carbocycles. The second kappa shape index (κ2) is 7.97. The van der Waals surface area contributed by atoms with Gasteiger partial charge in [0.1, 0.15) is 5.82 Å². The van der Waals surface area contributed by atoms with Crippen LogP contribution in [0, 0.1) is 17.5 Å². The number of carboxylic acid groups (broad SMARTS) is 1. The van der Waals surface area contributed by atoms with Gasteiger partial charge in [-0.05, 0) is 30.5 Å². The summed E-state index contributed by atoms with van der Waals surface area (Å²) in [5, 5.41) is 12.2. The van der Waals surface area contributed by atoms with Gasteiger partial charge in [-0.1, -0.05) is 30.3 Å². The Morgan fingerprint density at radius 1 is 1.08 bits per heavy atom. The molecule has 24 heavy (non-hydrogen) atoms. The lowest BCUT2D eigenvalue weighted by Gasteiger charge is -2.23. The van der Waals surface area contributed by atoms with Crippen molar-refractivity contribution in [3.05, 3.63) is 71.0 Å². The van der Waals surface area contributed by atoms with Gasteiger partial charge in [-0.3, -0.25) is 4.79 Å². The number of hydrogen-bond acceptors (Lipinski definition) is 2. The minimum absolute atomic E-state index is 0.0621. The van der Waals surface area contributed by atoms with Crippen molar-refractivity contribution in [2.24, 2.45) is 0 Å². The Morgan fingerprint density at radius 3 is 2.33 bits per heavy atom. The molecular formula is C18H18F3NO2. The van der Waals surface area contributed by atoms with Crippen molar-refractivity contribution in [2.45, 2.75) is 31.8 Å². The molecule has 0 unspecified atom stereocenters. The van der Waals surface area contributed by atoms with Crippen molar-refractivity contribution in [1.82, 2.24) is 5.32 Å². The predicted molar refractivity (Wildman–Crippen MR) is 84.1 cm³/mol. The van der Waals surface area contributed by atoms with Gasteiger partial charge in [-0.25, -0.2) is 13.2 Å². The minimum atomic E-state index is -1.27. The van der Waals surface area contributed by atoms with Crippen LogP contribution in [0.1, 0.15) is 30.5 Å². The van der Waals surface area contributed by atoms with Crippen LogP contribution in [0.15, 0.2) is 42.5 Å². The van der Waals surface area contributed by atoms with E-state index in [0.29, 0.717) is 6.07 Å². The van der Waals surface area contributed by atoms with E-state index >= 15 is 0 Å². The number of halogens is 3. The van der Waals surface area contributed by atoms with Crippen LogP contribution in [0.25, 0.3) is 0 Å². The van der Waals surface area contributed by atoms with E-state index in [1.54, 1.807) is 0 Å². The number of aliphatic carboxylic acids is 1. The largest absolute Gasteiger partial charge is 0.481 e. The van der Waals surface area contributed by atoms with Gasteiger partial charge in [-0.15, -0.1) is 0 Å². The van der Waals surface area contributed by atoms with E-state index in [2.05, 4.69) is 5.32 Å². The van der Waals surface area contributed by atoms with Gasteiger partial charge in [0.2, 0.25) is 0 Å². The summed E-state index contributed by atoms with van der Waals surface area (Å²) >= 11 is 0. The van der Waals surface area contributed by atoms with Crippen LogP contribution in [0.2, 0.25) is 0 Å². The third kappa shape index (κ3) is 4.83. The summed E-state index contributed by atoms with van der Waals surface area (Å²) in [5.41, 5.74) is 0.881. The van der Waals surface area contributed by atoms with Gasteiger partial charge in [0.05, 0.1) is 6.42 Å². The molecule has 0 bridgehead atoms. The molecule has 0 aromatic heterocycles. The Labute approximate surface area is 138 Å². The number of hydrogen-bond donors (Lipinski definition) is 2. The summed E-state index contributed by atoms with van der Waals surface area (Å²) in [6, 6.07) is 9.78. The zero-order valence-electron chi connectivity index (χ0n) is 13.1. The van der Waals surface area contributed by atoms with Crippen molar-refractivity contribution in [2.75, 3.05) is 0 Å². The Hall–Kier alpha value is -2.34. The maximum absolute atomic E-state index is 13.8. The molecule has 2 rings (SSSR count). The Morgan fingerprint density at radius 2 is 1.71 bits per heavy atom. The van der Waals surface area contributed by atoms with Crippen molar-refractivity contribution >= 4 is 5.97 Å².